The SMILES string of the molecule is CC(CC(=O)O)Sc1cc(Br)ccc1N. The molecule has 5 heteroatoms. The van der Waals surface area contributed by atoms with E-state index in [9.17, 15) is 4.79 Å². The lowest BCUT2D eigenvalue weighted by atomic mass is 10.3. The molecule has 0 heterocycles. The van der Waals surface area contributed by atoms with E-state index in [0.29, 0.717) is 5.69 Å². The first-order chi connectivity index (χ1) is 6.99. The number of nitrogens with two attached hydrogens (primary N) is 1. The quantitative estimate of drug-likeness (QED) is 0.661. The molecule has 1 aromatic rings. The van der Waals surface area contributed by atoms with Crippen LogP contribution in [0, 0.1) is 0 Å². The van der Waals surface area contributed by atoms with Crippen molar-refractivity contribution in [2.45, 2.75) is 23.5 Å². The van der Waals surface area contributed by atoms with E-state index in [2.05, 4.69) is 15.9 Å². The van der Waals surface area contributed by atoms with Crippen LogP contribution in [0.3, 0.4) is 0 Å². The molecule has 1 atom stereocenters. The topological polar surface area (TPSA) is 63.3 Å². The number of benzene rings is 1. The number of carboxylic acid groups (broad SMARTS) is 1. The second-order valence-electron chi connectivity index (χ2n) is 3.21. The summed E-state index contributed by atoms with van der Waals surface area (Å²) < 4.78 is 0.946. The molecule has 82 valence electrons. The molecule has 0 saturated carbocycles. The maximum atomic E-state index is 10.5. The van der Waals surface area contributed by atoms with E-state index >= 15 is 0 Å². The zero-order valence-corrected chi connectivity index (χ0v) is 10.6. The number of hydrogen-bond donors (Lipinski definition) is 2. The van der Waals surface area contributed by atoms with Gasteiger partial charge in [-0.15, -0.1) is 11.8 Å². The molecule has 0 aliphatic rings. The number of carboxylic acids is 1. The summed E-state index contributed by atoms with van der Waals surface area (Å²) in [6, 6.07) is 5.57. The van der Waals surface area contributed by atoms with Gasteiger partial charge in [0, 0.05) is 20.3 Å². The summed E-state index contributed by atoms with van der Waals surface area (Å²) in [5.74, 6) is -0.788. The Kier molecular flexibility index (Phi) is 4.47. The lowest BCUT2D eigenvalue weighted by Gasteiger charge is -2.10. The monoisotopic (exact) mass is 289 g/mol. The minimum atomic E-state index is -0.788. The number of anilines is 1. The largest absolute Gasteiger partial charge is 0.481 e. The molecule has 0 radical (unpaired) electrons. The van der Waals surface area contributed by atoms with Crippen molar-refractivity contribution < 1.29 is 9.90 Å². The van der Waals surface area contributed by atoms with Crippen molar-refractivity contribution in [1.29, 1.82) is 0 Å². The van der Waals surface area contributed by atoms with Crippen LogP contribution in [0.4, 0.5) is 5.69 Å². The van der Waals surface area contributed by atoms with Gasteiger partial charge in [-0.25, -0.2) is 0 Å². The van der Waals surface area contributed by atoms with Crippen molar-refractivity contribution in [2.24, 2.45) is 0 Å². The summed E-state index contributed by atoms with van der Waals surface area (Å²) in [6.07, 6.45) is 0.136. The molecule has 0 saturated heterocycles. The molecular weight excluding hydrogens is 278 g/mol. The van der Waals surface area contributed by atoms with Gasteiger partial charge in [-0.3, -0.25) is 4.79 Å². The average molecular weight is 290 g/mol. The second kappa shape index (κ2) is 5.42. The summed E-state index contributed by atoms with van der Waals surface area (Å²) >= 11 is 4.83. The molecule has 0 aliphatic carbocycles. The Bertz CT molecular complexity index is 370. The van der Waals surface area contributed by atoms with E-state index in [-0.39, 0.29) is 11.7 Å². The van der Waals surface area contributed by atoms with Gasteiger partial charge in [0.2, 0.25) is 0 Å². The van der Waals surface area contributed by atoms with Gasteiger partial charge in [-0.1, -0.05) is 22.9 Å². The van der Waals surface area contributed by atoms with Crippen molar-refractivity contribution in [3.63, 3.8) is 0 Å². The lowest BCUT2D eigenvalue weighted by Crippen LogP contribution is -2.05. The van der Waals surface area contributed by atoms with Crippen molar-refractivity contribution in [3.8, 4) is 0 Å². The molecule has 0 spiro atoms. The molecule has 0 aliphatic heterocycles. The van der Waals surface area contributed by atoms with E-state index in [0.717, 1.165) is 9.37 Å². The van der Waals surface area contributed by atoms with Crippen LogP contribution in [0.25, 0.3) is 0 Å². The molecule has 0 amide bonds. The highest BCUT2D eigenvalue weighted by Crippen LogP contribution is 2.32. The van der Waals surface area contributed by atoms with Gasteiger partial charge in [0.15, 0.2) is 0 Å². The predicted octanol–water partition coefficient (Wildman–Crippen LogP) is 2.99. The van der Waals surface area contributed by atoms with Crippen LogP contribution < -0.4 is 5.73 Å². The fourth-order valence-electron chi connectivity index (χ4n) is 1.11. The standard InChI is InChI=1S/C10H12BrNO2S/c1-6(4-10(13)14)15-9-5-7(11)2-3-8(9)12/h2-3,5-6H,4,12H2,1H3,(H,13,14). The highest BCUT2D eigenvalue weighted by Gasteiger charge is 2.11. The lowest BCUT2D eigenvalue weighted by molar-refractivity contribution is -0.136. The van der Waals surface area contributed by atoms with E-state index in [1.54, 1.807) is 6.07 Å². The van der Waals surface area contributed by atoms with Crippen LogP contribution in [0.15, 0.2) is 27.6 Å². The summed E-state index contributed by atoms with van der Waals surface area (Å²) in [5, 5.41) is 8.65. The molecule has 15 heavy (non-hydrogen) atoms. The minimum absolute atomic E-state index is 0.0131. The van der Waals surface area contributed by atoms with Gasteiger partial charge in [0.1, 0.15) is 0 Å². The molecule has 1 aromatic carbocycles. The number of thioether (sulfide) groups is 1. The van der Waals surface area contributed by atoms with Crippen LogP contribution in [0.1, 0.15) is 13.3 Å². The molecular formula is C10H12BrNO2S. The maximum Gasteiger partial charge on any atom is 0.304 e. The zero-order chi connectivity index (χ0) is 11.4. The van der Waals surface area contributed by atoms with Gasteiger partial charge in [-0.05, 0) is 18.2 Å². The smallest absolute Gasteiger partial charge is 0.304 e. The fourth-order valence-corrected chi connectivity index (χ4v) is 2.69. The Labute approximate surface area is 101 Å². The minimum Gasteiger partial charge on any atom is -0.481 e. The fraction of sp³-hybridized carbons (Fsp3) is 0.300. The van der Waals surface area contributed by atoms with Crippen LogP contribution >= 0.6 is 27.7 Å². The van der Waals surface area contributed by atoms with Crippen LogP contribution in [-0.4, -0.2) is 16.3 Å². The van der Waals surface area contributed by atoms with Crippen LogP contribution in [0.5, 0.6) is 0 Å². The zero-order valence-electron chi connectivity index (χ0n) is 8.24. The Morgan fingerprint density at radius 1 is 1.67 bits per heavy atom. The van der Waals surface area contributed by atoms with Crippen molar-refractivity contribution >= 4 is 39.3 Å². The number of aliphatic carboxylic acids is 1. The highest BCUT2D eigenvalue weighted by atomic mass is 79.9. The van der Waals surface area contributed by atoms with E-state index in [1.165, 1.54) is 11.8 Å². The van der Waals surface area contributed by atoms with E-state index in [4.69, 9.17) is 10.8 Å². The maximum absolute atomic E-state index is 10.5. The van der Waals surface area contributed by atoms with Gasteiger partial charge < -0.3 is 10.8 Å². The molecule has 0 aromatic heterocycles. The second-order valence-corrected chi connectivity index (χ2v) is 5.60. The van der Waals surface area contributed by atoms with Gasteiger partial charge in [0.05, 0.1) is 6.42 Å². The normalized spacial score (nSPS) is 12.4. The summed E-state index contributed by atoms with van der Waals surface area (Å²) in [5.41, 5.74) is 6.46. The number of nitrogen functional groups attached to an aromatic ring is 1. The van der Waals surface area contributed by atoms with Crippen molar-refractivity contribution in [1.82, 2.24) is 0 Å². The molecule has 3 N–H and O–H groups in total. The van der Waals surface area contributed by atoms with Crippen molar-refractivity contribution in [2.75, 3.05) is 5.73 Å². The first-order valence-electron chi connectivity index (χ1n) is 4.42. The first kappa shape index (κ1) is 12.4. The Hall–Kier alpha value is -0.680. The predicted molar refractivity (Wildman–Crippen MR) is 66.1 cm³/mol. The highest BCUT2D eigenvalue weighted by molar-refractivity contribution is 9.10. The number of halogens is 1. The van der Waals surface area contributed by atoms with Crippen molar-refractivity contribution in [3.05, 3.63) is 22.7 Å². The Morgan fingerprint density at radius 3 is 2.93 bits per heavy atom. The van der Waals surface area contributed by atoms with E-state index < -0.39 is 5.97 Å². The van der Waals surface area contributed by atoms with Gasteiger partial charge >= 0.3 is 5.97 Å². The van der Waals surface area contributed by atoms with Crippen LogP contribution in [-0.2, 0) is 4.79 Å². The third-order valence-electron chi connectivity index (χ3n) is 1.77. The van der Waals surface area contributed by atoms with Gasteiger partial charge in [0.25, 0.3) is 0 Å². The summed E-state index contributed by atoms with van der Waals surface area (Å²) in [4.78, 5) is 11.4. The van der Waals surface area contributed by atoms with Gasteiger partial charge in [-0.2, -0.15) is 0 Å². The Morgan fingerprint density at radius 2 is 2.33 bits per heavy atom. The Balaban J connectivity index is 2.71. The number of rotatable bonds is 4. The number of carbonyl (C=O) groups is 1. The molecule has 0 bridgehead atoms. The average Bonchev–Trinajstić information content (AvgIpc) is 2.10. The third kappa shape index (κ3) is 4.13. The summed E-state index contributed by atoms with van der Waals surface area (Å²) in [7, 11) is 0. The summed E-state index contributed by atoms with van der Waals surface area (Å²) in [6.45, 7) is 1.87. The van der Waals surface area contributed by atoms with E-state index in [1.807, 2.05) is 19.1 Å². The molecule has 1 unspecified atom stereocenters. The molecule has 3 nitrogen and oxygen atoms in total. The van der Waals surface area contributed by atoms with Crippen LogP contribution in [0.2, 0.25) is 0 Å². The molecule has 1 rings (SSSR count). The number of hydrogen-bond acceptors (Lipinski definition) is 3. The third-order valence-corrected chi connectivity index (χ3v) is 3.44. The molecule has 0 fully saturated rings. The first-order valence-corrected chi connectivity index (χ1v) is 6.10.